The lowest BCUT2D eigenvalue weighted by molar-refractivity contribution is -0.131. The van der Waals surface area contributed by atoms with Crippen LogP contribution in [0, 0.1) is 6.57 Å². The summed E-state index contributed by atoms with van der Waals surface area (Å²) in [6, 6.07) is 8.49. The van der Waals surface area contributed by atoms with Crippen LogP contribution in [0.1, 0.15) is 54.5 Å². The van der Waals surface area contributed by atoms with Crippen molar-refractivity contribution in [3.05, 3.63) is 70.5 Å². The molecule has 238 valence electrons. The van der Waals surface area contributed by atoms with Crippen LogP contribution in [0.2, 0.25) is 0 Å². The second kappa shape index (κ2) is 11.6. The highest BCUT2D eigenvalue weighted by atomic mass is 19.1. The van der Waals surface area contributed by atoms with Crippen LogP contribution in [0.4, 0.5) is 14.6 Å². The van der Waals surface area contributed by atoms with Crippen molar-refractivity contribution in [3.8, 4) is 6.01 Å². The molecule has 0 bridgehead atoms. The Morgan fingerprint density at radius 3 is 2.84 bits per heavy atom. The number of halogens is 2. The van der Waals surface area contributed by atoms with Gasteiger partial charge in [-0.15, -0.1) is 0 Å². The number of benzene rings is 1. The van der Waals surface area contributed by atoms with Gasteiger partial charge in [0, 0.05) is 51.1 Å². The first-order valence-electron chi connectivity index (χ1n) is 16.2. The van der Waals surface area contributed by atoms with Gasteiger partial charge in [-0.3, -0.25) is 14.6 Å². The molecule has 1 aromatic heterocycles. The second-order valence-corrected chi connectivity index (χ2v) is 13.5. The summed E-state index contributed by atoms with van der Waals surface area (Å²) in [5.41, 5.74) is 4.16. The van der Waals surface area contributed by atoms with Gasteiger partial charge in [0.2, 0.25) is 6.54 Å². The highest BCUT2D eigenvalue weighted by Gasteiger charge is 2.50. The predicted octanol–water partition coefficient (Wildman–Crippen LogP) is 4.07. The summed E-state index contributed by atoms with van der Waals surface area (Å²) < 4.78 is 34.9. The molecule has 11 heteroatoms. The molecule has 1 aliphatic carbocycles. The lowest BCUT2D eigenvalue weighted by atomic mass is 9.71. The molecule has 0 saturated carbocycles. The van der Waals surface area contributed by atoms with Gasteiger partial charge in [-0.1, -0.05) is 30.8 Å². The SMILES string of the molecule is [C-]#[N+]C[C@H]1CN(c2nc(OC[C@@]34CCCN3C[C@H](F)C4)nc3c2CN(C)C2(CCCc4ccccc42)C3)CCN1C(=O)C(=C)F. The number of anilines is 1. The van der Waals surface area contributed by atoms with E-state index < -0.39 is 23.9 Å². The van der Waals surface area contributed by atoms with E-state index in [1.54, 1.807) is 0 Å². The fourth-order valence-corrected chi connectivity index (χ4v) is 8.79. The number of amides is 1. The van der Waals surface area contributed by atoms with Crippen LogP contribution in [-0.4, -0.2) is 101 Å². The molecule has 4 atom stereocenters. The maximum absolute atomic E-state index is 14.5. The average molecular weight is 618 g/mol. The monoisotopic (exact) mass is 617 g/mol. The van der Waals surface area contributed by atoms with Gasteiger partial charge in [0.25, 0.3) is 5.91 Å². The van der Waals surface area contributed by atoms with Gasteiger partial charge in [-0.25, -0.2) is 15.4 Å². The number of hydrogen-bond acceptors (Lipinski definition) is 7. The third-order valence-electron chi connectivity index (χ3n) is 11.0. The normalized spacial score (nSPS) is 29.6. The third-order valence-corrected chi connectivity index (χ3v) is 11.0. The molecule has 0 N–H and O–H groups in total. The first-order valence-corrected chi connectivity index (χ1v) is 16.2. The number of hydrogen-bond donors (Lipinski definition) is 0. The van der Waals surface area contributed by atoms with Gasteiger partial charge in [0.05, 0.1) is 16.8 Å². The molecule has 7 rings (SSSR count). The molecular weight excluding hydrogens is 576 g/mol. The summed E-state index contributed by atoms with van der Waals surface area (Å²) in [7, 11) is 2.17. The molecule has 0 radical (unpaired) electrons. The molecule has 3 fully saturated rings. The lowest BCUT2D eigenvalue weighted by Crippen LogP contribution is -2.57. The van der Waals surface area contributed by atoms with Crippen molar-refractivity contribution < 1.29 is 18.3 Å². The Balaban J connectivity index is 1.25. The number of fused-ring (bicyclic) bond motifs is 4. The molecule has 5 heterocycles. The standard InChI is InChI=1S/C34H41F2N7O2/c1-23(35)31(44)43-15-14-41(20-26(43)18-37-2)30-27-21-40(3)34(12-6-9-24-8-4-5-10-28(24)34)17-29(27)38-32(39-30)45-22-33-11-7-13-42(33)19-25(36)16-33/h4-5,8,10,25-26H,1,6-7,9,11-22H2,3H3/t25-,26+,33+,34?/m1/s1. The average Bonchev–Trinajstić information content (AvgIpc) is 3.56. The fraction of sp³-hybridized carbons (Fsp3) is 0.588. The van der Waals surface area contributed by atoms with Crippen molar-refractivity contribution >= 4 is 11.7 Å². The van der Waals surface area contributed by atoms with Crippen molar-refractivity contribution in [1.82, 2.24) is 24.7 Å². The predicted molar refractivity (Wildman–Crippen MR) is 166 cm³/mol. The van der Waals surface area contributed by atoms with Crippen LogP contribution in [-0.2, 0) is 29.7 Å². The second-order valence-electron chi connectivity index (χ2n) is 13.5. The smallest absolute Gasteiger partial charge is 0.318 e. The Hall–Kier alpha value is -3.62. The van der Waals surface area contributed by atoms with Crippen molar-refractivity contribution in [2.24, 2.45) is 0 Å². The number of piperazine rings is 1. The van der Waals surface area contributed by atoms with E-state index in [2.05, 4.69) is 57.4 Å². The molecule has 45 heavy (non-hydrogen) atoms. The Morgan fingerprint density at radius 1 is 1.18 bits per heavy atom. The first-order chi connectivity index (χ1) is 21.7. The van der Waals surface area contributed by atoms with E-state index >= 15 is 0 Å². The maximum Gasteiger partial charge on any atom is 0.318 e. The van der Waals surface area contributed by atoms with Crippen LogP contribution in [0.15, 0.2) is 36.7 Å². The summed E-state index contributed by atoms with van der Waals surface area (Å²) in [5.74, 6) is -1.05. The van der Waals surface area contributed by atoms with Crippen molar-refractivity contribution in [1.29, 1.82) is 0 Å². The number of nitrogens with zero attached hydrogens (tertiary/aromatic N) is 7. The minimum absolute atomic E-state index is 0.0503. The highest BCUT2D eigenvalue weighted by molar-refractivity contribution is 5.91. The van der Waals surface area contributed by atoms with Crippen LogP contribution < -0.4 is 9.64 Å². The van der Waals surface area contributed by atoms with Crippen LogP contribution in [0.3, 0.4) is 0 Å². The molecule has 1 aromatic carbocycles. The molecule has 3 saturated heterocycles. The minimum Gasteiger partial charge on any atom is -0.461 e. The van der Waals surface area contributed by atoms with Gasteiger partial charge in [0.15, 0.2) is 5.83 Å². The molecule has 4 aliphatic heterocycles. The van der Waals surface area contributed by atoms with Gasteiger partial charge in [-0.2, -0.15) is 9.97 Å². The fourth-order valence-electron chi connectivity index (χ4n) is 8.79. The van der Waals surface area contributed by atoms with E-state index in [1.165, 1.54) is 16.0 Å². The third kappa shape index (κ3) is 5.16. The molecular formula is C34H41F2N7O2. The quantitative estimate of drug-likeness (QED) is 0.358. The summed E-state index contributed by atoms with van der Waals surface area (Å²) in [4.78, 5) is 34.4. The minimum atomic E-state index is -1.02. The maximum atomic E-state index is 14.5. The Kier molecular flexibility index (Phi) is 7.77. The molecule has 1 amide bonds. The van der Waals surface area contributed by atoms with Crippen molar-refractivity contribution in [2.45, 2.75) is 74.8 Å². The number of alkyl halides is 1. The van der Waals surface area contributed by atoms with Crippen molar-refractivity contribution in [2.75, 3.05) is 57.8 Å². The summed E-state index contributed by atoms with van der Waals surface area (Å²) in [5, 5.41) is 0. The molecule has 1 spiro atoms. The van der Waals surface area contributed by atoms with E-state index in [1.807, 2.05) is 0 Å². The number of rotatable bonds is 6. The Morgan fingerprint density at radius 2 is 2.02 bits per heavy atom. The zero-order valence-electron chi connectivity index (χ0n) is 26.0. The van der Waals surface area contributed by atoms with E-state index in [9.17, 15) is 13.6 Å². The van der Waals surface area contributed by atoms with E-state index in [0.717, 1.165) is 55.7 Å². The summed E-state index contributed by atoms with van der Waals surface area (Å²) in [6.07, 6.45) is 5.41. The number of aryl methyl sites for hydroxylation is 1. The summed E-state index contributed by atoms with van der Waals surface area (Å²) in [6.45, 7) is 14.1. The van der Waals surface area contributed by atoms with Crippen LogP contribution >= 0.6 is 0 Å². The van der Waals surface area contributed by atoms with Crippen LogP contribution in [0.5, 0.6) is 6.01 Å². The van der Waals surface area contributed by atoms with E-state index in [0.29, 0.717) is 45.6 Å². The summed E-state index contributed by atoms with van der Waals surface area (Å²) >= 11 is 0. The number of likely N-dealkylation sites (N-methyl/N-ethyl adjacent to an activating group) is 1. The molecule has 9 nitrogen and oxygen atoms in total. The molecule has 1 unspecified atom stereocenters. The number of carbonyl (C=O) groups excluding carboxylic acids is 1. The Bertz CT molecular complexity index is 1550. The van der Waals surface area contributed by atoms with Gasteiger partial charge in [-0.05, 0) is 56.8 Å². The van der Waals surface area contributed by atoms with E-state index in [4.69, 9.17) is 21.3 Å². The van der Waals surface area contributed by atoms with Crippen LogP contribution in [0.25, 0.3) is 4.85 Å². The zero-order valence-corrected chi connectivity index (χ0v) is 26.0. The zero-order chi connectivity index (χ0) is 31.3. The van der Waals surface area contributed by atoms with Gasteiger partial charge >= 0.3 is 6.01 Å². The number of carbonyl (C=O) groups is 1. The molecule has 5 aliphatic rings. The Labute approximate surface area is 263 Å². The van der Waals surface area contributed by atoms with E-state index in [-0.39, 0.29) is 30.2 Å². The highest BCUT2D eigenvalue weighted by Crippen LogP contribution is 2.47. The topological polar surface area (TPSA) is 69.4 Å². The first kappa shape index (κ1) is 30.1. The largest absolute Gasteiger partial charge is 0.461 e. The number of aromatic nitrogens is 2. The lowest BCUT2D eigenvalue weighted by Gasteiger charge is -2.50. The van der Waals surface area contributed by atoms with Gasteiger partial charge < -0.3 is 19.4 Å². The van der Waals surface area contributed by atoms with Gasteiger partial charge in [0.1, 0.15) is 24.6 Å². The van der Waals surface area contributed by atoms with Crippen molar-refractivity contribution in [3.63, 3.8) is 0 Å². The molecule has 2 aromatic rings. The number of ether oxygens (including phenoxy) is 1.